The summed E-state index contributed by atoms with van der Waals surface area (Å²) in [6.45, 7) is -2.56. The average Bonchev–Trinajstić information content (AvgIpc) is 2.76. The maximum Gasteiger partial charge on any atom is 0.319 e. The SMILES string of the molecule is Nc1ccc(SCc2nccn2C(F)F)c(Br)c1. The summed E-state index contributed by atoms with van der Waals surface area (Å²) in [5.74, 6) is 0.721. The van der Waals surface area contributed by atoms with Crippen LogP contribution in [0.2, 0.25) is 0 Å². The summed E-state index contributed by atoms with van der Waals surface area (Å²) < 4.78 is 26.9. The Bertz CT molecular complexity index is 545. The zero-order valence-electron chi connectivity index (χ0n) is 9.19. The number of hydrogen-bond donors (Lipinski definition) is 1. The van der Waals surface area contributed by atoms with Gasteiger partial charge in [0.05, 0.1) is 5.75 Å². The van der Waals surface area contributed by atoms with E-state index in [4.69, 9.17) is 5.73 Å². The molecule has 0 aliphatic carbocycles. The number of nitrogens with two attached hydrogens (primary N) is 1. The van der Waals surface area contributed by atoms with Crippen LogP contribution in [0.15, 0.2) is 40.0 Å². The molecule has 0 radical (unpaired) electrons. The number of hydrogen-bond acceptors (Lipinski definition) is 3. The second kappa shape index (κ2) is 5.71. The Labute approximate surface area is 116 Å². The molecule has 0 amide bonds. The summed E-state index contributed by atoms with van der Waals surface area (Å²) in [5.41, 5.74) is 6.28. The topological polar surface area (TPSA) is 43.8 Å². The first-order valence-electron chi connectivity index (χ1n) is 5.05. The summed E-state index contributed by atoms with van der Waals surface area (Å²) in [6, 6.07) is 5.40. The van der Waals surface area contributed by atoms with Gasteiger partial charge in [-0.25, -0.2) is 4.98 Å². The molecule has 0 unspecified atom stereocenters. The fraction of sp³-hybridized carbons (Fsp3) is 0.182. The van der Waals surface area contributed by atoms with Gasteiger partial charge in [0.15, 0.2) is 0 Å². The summed E-state index contributed by atoms with van der Waals surface area (Å²) in [4.78, 5) is 4.86. The van der Waals surface area contributed by atoms with Gasteiger partial charge in [-0.2, -0.15) is 8.78 Å². The number of nitrogens with zero attached hydrogens (tertiary/aromatic N) is 2. The summed E-state index contributed by atoms with van der Waals surface area (Å²) >= 11 is 4.81. The zero-order valence-corrected chi connectivity index (χ0v) is 11.6. The van der Waals surface area contributed by atoms with Gasteiger partial charge >= 0.3 is 6.55 Å². The van der Waals surface area contributed by atoms with Crippen LogP contribution >= 0.6 is 27.7 Å². The number of imidazole rings is 1. The molecule has 2 N–H and O–H groups in total. The second-order valence-corrected chi connectivity index (χ2v) is 5.38. The van der Waals surface area contributed by atoms with E-state index in [2.05, 4.69) is 20.9 Å². The van der Waals surface area contributed by atoms with Crippen molar-refractivity contribution < 1.29 is 8.78 Å². The first kappa shape index (κ1) is 13.4. The van der Waals surface area contributed by atoms with E-state index in [9.17, 15) is 8.78 Å². The number of halogens is 3. The lowest BCUT2D eigenvalue weighted by atomic mass is 10.3. The molecular formula is C11H10BrF2N3S. The van der Waals surface area contributed by atoms with Crippen molar-refractivity contribution in [1.29, 1.82) is 0 Å². The van der Waals surface area contributed by atoms with Crippen LogP contribution in [0.5, 0.6) is 0 Å². The maximum atomic E-state index is 12.6. The van der Waals surface area contributed by atoms with Crippen LogP contribution in [0.3, 0.4) is 0 Å². The number of nitrogen functional groups attached to an aromatic ring is 1. The third kappa shape index (κ3) is 3.02. The Morgan fingerprint density at radius 1 is 1.44 bits per heavy atom. The fourth-order valence-corrected chi connectivity index (χ4v) is 3.02. The number of rotatable bonds is 4. The molecule has 0 saturated carbocycles. The van der Waals surface area contributed by atoms with E-state index in [0.29, 0.717) is 17.3 Å². The molecule has 0 fully saturated rings. The van der Waals surface area contributed by atoms with Crippen molar-refractivity contribution in [3.63, 3.8) is 0 Å². The van der Waals surface area contributed by atoms with Gasteiger partial charge < -0.3 is 5.73 Å². The molecule has 1 heterocycles. The van der Waals surface area contributed by atoms with Gasteiger partial charge in [-0.1, -0.05) is 0 Å². The van der Waals surface area contributed by atoms with Crippen molar-refractivity contribution in [2.24, 2.45) is 0 Å². The molecule has 7 heteroatoms. The molecule has 1 aromatic carbocycles. The van der Waals surface area contributed by atoms with Crippen LogP contribution in [0.25, 0.3) is 0 Å². The molecule has 0 atom stereocenters. The minimum absolute atomic E-state index is 0.346. The third-order valence-electron chi connectivity index (χ3n) is 2.27. The van der Waals surface area contributed by atoms with Gasteiger partial charge in [0.25, 0.3) is 0 Å². The van der Waals surface area contributed by atoms with Crippen molar-refractivity contribution in [2.45, 2.75) is 17.2 Å². The Hall–Kier alpha value is -1.08. The third-order valence-corrected chi connectivity index (χ3v) is 4.26. The predicted molar refractivity (Wildman–Crippen MR) is 71.6 cm³/mol. The molecule has 96 valence electrons. The van der Waals surface area contributed by atoms with Crippen molar-refractivity contribution in [3.8, 4) is 0 Å². The molecule has 0 aliphatic rings. The van der Waals surface area contributed by atoms with Gasteiger partial charge in [-0.15, -0.1) is 11.8 Å². The highest BCUT2D eigenvalue weighted by Gasteiger charge is 2.12. The Morgan fingerprint density at radius 2 is 2.22 bits per heavy atom. The quantitative estimate of drug-likeness (QED) is 0.681. The molecule has 0 spiro atoms. The molecule has 0 aliphatic heterocycles. The van der Waals surface area contributed by atoms with E-state index < -0.39 is 6.55 Å². The number of alkyl halides is 2. The van der Waals surface area contributed by atoms with Crippen LogP contribution in [0, 0.1) is 0 Å². The number of thioether (sulfide) groups is 1. The number of aromatic nitrogens is 2. The van der Waals surface area contributed by atoms with E-state index in [1.54, 1.807) is 12.1 Å². The molecular weight excluding hydrogens is 324 g/mol. The lowest BCUT2D eigenvalue weighted by molar-refractivity contribution is 0.0678. The van der Waals surface area contributed by atoms with Crippen molar-refractivity contribution in [1.82, 2.24) is 9.55 Å². The normalized spacial score (nSPS) is 11.1. The summed E-state index contributed by atoms with van der Waals surface area (Å²) in [7, 11) is 0. The van der Waals surface area contributed by atoms with Crippen LogP contribution in [0.4, 0.5) is 14.5 Å². The van der Waals surface area contributed by atoms with Gasteiger partial charge in [0.2, 0.25) is 0 Å². The van der Waals surface area contributed by atoms with Gasteiger partial charge in [0.1, 0.15) is 5.82 Å². The highest BCUT2D eigenvalue weighted by atomic mass is 79.9. The van der Waals surface area contributed by atoms with E-state index in [1.807, 2.05) is 6.07 Å². The van der Waals surface area contributed by atoms with E-state index in [-0.39, 0.29) is 0 Å². The van der Waals surface area contributed by atoms with E-state index >= 15 is 0 Å². The highest BCUT2D eigenvalue weighted by Crippen LogP contribution is 2.31. The van der Waals surface area contributed by atoms with Crippen LogP contribution in [-0.4, -0.2) is 9.55 Å². The summed E-state index contributed by atoms with van der Waals surface area (Å²) in [5, 5.41) is 0. The maximum absolute atomic E-state index is 12.6. The Morgan fingerprint density at radius 3 is 2.89 bits per heavy atom. The van der Waals surface area contributed by atoms with Crippen molar-refractivity contribution >= 4 is 33.4 Å². The lowest BCUT2D eigenvalue weighted by Crippen LogP contribution is -2.02. The number of benzene rings is 1. The van der Waals surface area contributed by atoms with Gasteiger partial charge in [-0.05, 0) is 34.1 Å². The second-order valence-electron chi connectivity index (χ2n) is 3.51. The zero-order chi connectivity index (χ0) is 13.1. The van der Waals surface area contributed by atoms with Gasteiger partial charge in [-0.3, -0.25) is 4.57 Å². The highest BCUT2D eigenvalue weighted by molar-refractivity contribution is 9.10. The molecule has 2 aromatic rings. The molecule has 2 rings (SSSR count). The summed E-state index contributed by atoms with van der Waals surface area (Å²) in [6.07, 6.45) is 2.65. The van der Waals surface area contributed by atoms with Crippen LogP contribution < -0.4 is 5.73 Å². The monoisotopic (exact) mass is 333 g/mol. The lowest BCUT2D eigenvalue weighted by Gasteiger charge is -2.07. The molecule has 0 bridgehead atoms. The van der Waals surface area contributed by atoms with E-state index in [1.165, 1.54) is 24.2 Å². The average molecular weight is 334 g/mol. The number of anilines is 1. The molecule has 3 nitrogen and oxygen atoms in total. The molecule has 18 heavy (non-hydrogen) atoms. The van der Waals surface area contributed by atoms with Crippen molar-refractivity contribution in [2.75, 3.05) is 5.73 Å². The van der Waals surface area contributed by atoms with Crippen molar-refractivity contribution in [3.05, 3.63) is 40.9 Å². The van der Waals surface area contributed by atoms with Crippen LogP contribution in [0.1, 0.15) is 12.4 Å². The van der Waals surface area contributed by atoms with Crippen LogP contribution in [-0.2, 0) is 5.75 Å². The smallest absolute Gasteiger partial charge is 0.319 e. The Balaban J connectivity index is 2.09. The van der Waals surface area contributed by atoms with Gasteiger partial charge in [0, 0.05) is 27.4 Å². The molecule has 0 saturated heterocycles. The predicted octanol–water partition coefficient (Wildman–Crippen LogP) is 3.92. The fourth-order valence-electron chi connectivity index (χ4n) is 1.41. The largest absolute Gasteiger partial charge is 0.399 e. The standard InChI is InChI=1S/C11H10BrF2N3S/c12-8-5-7(15)1-2-9(8)18-6-10-16-3-4-17(10)11(13)14/h1-5,11H,6,15H2. The van der Waals surface area contributed by atoms with E-state index in [0.717, 1.165) is 13.9 Å². The Kier molecular flexibility index (Phi) is 4.23. The molecule has 1 aromatic heterocycles. The first-order valence-corrected chi connectivity index (χ1v) is 6.83. The minimum Gasteiger partial charge on any atom is -0.399 e. The minimum atomic E-state index is -2.56. The first-order chi connectivity index (χ1) is 8.58.